The maximum Gasteiger partial charge on any atom is 0.284 e. The van der Waals surface area contributed by atoms with E-state index in [0.29, 0.717) is 22.8 Å². The molecule has 0 atom stereocenters. The van der Waals surface area contributed by atoms with E-state index in [0.717, 1.165) is 33.6 Å². The maximum absolute atomic E-state index is 12.2. The average molecular weight is 380 g/mol. The monoisotopic (exact) mass is 380 g/mol. The second-order valence-corrected chi connectivity index (χ2v) is 7.48. The Morgan fingerprint density at radius 3 is 2.77 bits per heavy atom. The van der Waals surface area contributed by atoms with Crippen LogP contribution in [0.15, 0.2) is 41.8 Å². The first-order valence-corrected chi connectivity index (χ1v) is 9.75. The fraction of sp³-hybridized carbons (Fsp3) is 0.158. The highest BCUT2D eigenvalue weighted by Crippen LogP contribution is 2.31. The summed E-state index contributed by atoms with van der Waals surface area (Å²) in [4.78, 5) is 21.9. The van der Waals surface area contributed by atoms with Crippen LogP contribution in [-0.4, -0.2) is 15.2 Å². The van der Waals surface area contributed by atoms with Crippen molar-refractivity contribution in [2.24, 2.45) is 0 Å². The van der Waals surface area contributed by atoms with E-state index < -0.39 is 0 Å². The van der Waals surface area contributed by atoms with E-state index in [1.807, 2.05) is 49.6 Å². The van der Waals surface area contributed by atoms with Crippen LogP contribution >= 0.6 is 23.1 Å². The molecule has 3 aromatic rings. The van der Waals surface area contributed by atoms with Gasteiger partial charge in [-0.15, -0.1) is 11.3 Å². The van der Waals surface area contributed by atoms with Gasteiger partial charge in [0, 0.05) is 27.6 Å². The number of hydrogen-bond acceptors (Lipinski definition) is 6. The lowest BCUT2D eigenvalue weighted by atomic mass is 10.1. The first kappa shape index (κ1) is 18.1. The molecule has 3 aromatic heterocycles. The van der Waals surface area contributed by atoms with Crippen LogP contribution in [0.4, 0.5) is 10.6 Å². The highest BCUT2D eigenvalue weighted by atomic mass is 32.2. The lowest BCUT2D eigenvalue weighted by molar-refractivity contribution is 0.269. The highest BCUT2D eigenvalue weighted by molar-refractivity contribution is 8.13. The zero-order chi connectivity index (χ0) is 18.5. The summed E-state index contributed by atoms with van der Waals surface area (Å²) in [6, 6.07) is 13.5. The van der Waals surface area contributed by atoms with E-state index in [1.165, 1.54) is 0 Å². The van der Waals surface area contributed by atoms with Crippen LogP contribution in [0, 0.1) is 25.2 Å². The standard InChI is InChI=1S/C19H16N4OS2/c1-12-5-3-7-18(22-12)23-19(24)26-11-16-15(10-20)14(9-13(2)21-16)17-6-4-8-25-17/h3-9H,11H2,1-2H3,(H,22,23,24). The van der Waals surface area contributed by atoms with Gasteiger partial charge in [0.1, 0.15) is 11.9 Å². The Balaban J connectivity index is 1.77. The summed E-state index contributed by atoms with van der Waals surface area (Å²) in [5.41, 5.74) is 3.66. The van der Waals surface area contributed by atoms with Crippen LogP contribution in [0.5, 0.6) is 0 Å². The summed E-state index contributed by atoms with van der Waals surface area (Å²) in [5, 5.41) is 14.1. The maximum atomic E-state index is 12.2. The van der Waals surface area contributed by atoms with Crippen LogP contribution in [0.25, 0.3) is 10.4 Å². The second kappa shape index (κ2) is 8.13. The summed E-state index contributed by atoms with van der Waals surface area (Å²) in [5.74, 6) is 0.833. The van der Waals surface area contributed by atoms with E-state index in [2.05, 4.69) is 21.4 Å². The molecule has 0 spiro atoms. The molecule has 0 aromatic carbocycles. The van der Waals surface area contributed by atoms with Crippen molar-refractivity contribution in [1.29, 1.82) is 5.26 Å². The van der Waals surface area contributed by atoms with Crippen molar-refractivity contribution in [2.75, 3.05) is 5.32 Å². The molecule has 0 saturated heterocycles. The van der Waals surface area contributed by atoms with E-state index in [4.69, 9.17) is 0 Å². The van der Waals surface area contributed by atoms with Crippen LogP contribution in [0.2, 0.25) is 0 Å². The normalized spacial score (nSPS) is 10.3. The van der Waals surface area contributed by atoms with E-state index >= 15 is 0 Å². The minimum Gasteiger partial charge on any atom is -0.301 e. The van der Waals surface area contributed by atoms with Gasteiger partial charge in [-0.1, -0.05) is 23.9 Å². The molecule has 7 heteroatoms. The summed E-state index contributed by atoms with van der Waals surface area (Å²) in [6.07, 6.45) is 0. The molecular formula is C19H16N4OS2. The number of anilines is 1. The Labute approximate surface area is 160 Å². The minimum absolute atomic E-state index is 0.229. The number of aryl methyl sites for hydroxylation is 2. The third-order valence-electron chi connectivity index (χ3n) is 3.58. The Bertz CT molecular complexity index is 978. The SMILES string of the molecule is Cc1cccc(NC(=O)SCc2nc(C)cc(-c3cccs3)c2C#N)n1. The van der Waals surface area contributed by atoms with Crippen LogP contribution in [-0.2, 0) is 5.75 Å². The van der Waals surface area contributed by atoms with Crippen molar-refractivity contribution in [3.05, 3.63) is 64.4 Å². The smallest absolute Gasteiger partial charge is 0.284 e. The predicted molar refractivity (Wildman–Crippen MR) is 106 cm³/mol. The zero-order valence-electron chi connectivity index (χ0n) is 14.3. The summed E-state index contributed by atoms with van der Waals surface area (Å²) in [6.45, 7) is 3.76. The van der Waals surface area contributed by atoms with E-state index in [-0.39, 0.29) is 5.24 Å². The van der Waals surface area contributed by atoms with Gasteiger partial charge in [-0.05, 0) is 43.5 Å². The second-order valence-electron chi connectivity index (χ2n) is 5.59. The Morgan fingerprint density at radius 1 is 1.23 bits per heavy atom. The summed E-state index contributed by atoms with van der Waals surface area (Å²) >= 11 is 2.65. The molecule has 0 aliphatic carbocycles. The third-order valence-corrected chi connectivity index (χ3v) is 5.26. The molecule has 0 aliphatic rings. The average Bonchev–Trinajstić information content (AvgIpc) is 3.14. The molecule has 26 heavy (non-hydrogen) atoms. The zero-order valence-corrected chi connectivity index (χ0v) is 15.9. The number of thioether (sulfide) groups is 1. The van der Waals surface area contributed by atoms with Gasteiger partial charge in [0.05, 0.1) is 11.3 Å². The molecule has 0 bridgehead atoms. The van der Waals surface area contributed by atoms with Crippen LogP contribution in [0.3, 0.4) is 0 Å². The predicted octanol–water partition coefficient (Wildman–Crippen LogP) is 5.16. The number of amides is 1. The van der Waals surface area contributed by atoms with Gasteiger partial charge in [-0.2, -0.15) is 5.26 Å². The molecule has 1 N–H and O–H groups in total. The number of rotatable bonds is 4. The van der Waals surface area contributed by atoms with Crippen molar-refractivity contribution < 1.29 is 4.79 Å². The van der Waals surface area contributed by atoms with Gasteiger partial charge in [0.2, 0.25) is 0 Å². The molecule has 0 unspecified atom stereocenters. The van der Waals surface area contributed by atoms with Crippen molar-refractivity contribution in [2.45, 2.75) is 19.6 Å². The Hall–Kier alpha value is -2.69. The molecule has 0 aliphatic heterocycles. The number of aromatic nitrogens is 2. The number of nitrogens with zero attached hydrogens (tertiary/aromatic N) is 3. The van der Waals surface area contributed by atoms with Crippen molar-refractivity contribution in [3.8, 4) is 16.5 Å². The molecule has 130 valence electrons. The third kappa shape index (κ3) is 4.28. The quantitative estimate of drug-likeness (QED) is 0.676. The van der Waals surface area contributed by atoms with Crippen molar-refractivity contribution in [3.63, 3.8) is 0 Å². The minimum atomic E-state index is -0.229. The number of nitrogens with one attached hydrogen (secondary N) is 1. The van der Waals surface area contributed by atoms with Crippen LogP contribution < -0.4 is 5.32 Å². The molecule has 3 rings (SSSR count). The number of carbonyl (C=O) groups excluding carboxylic acids is 1. The highest BCUT2D eigenvalue weighted by Gasteiger charge is 2.15. The molecule has 0 saturated carbocycles. The Kier molecular flexibility index (Phi) is 5.66. The largest absolute Gasteiger partial charge is 0.301 e. The number of thiophene rings is 1. The lowest BCUT2D eigenvalue weighted by Gasteiger charge is -2.09. The lowest BCUT2D eigenvalue weighted by Crippen LogP contribution is -2.08. The molecular weight excluding hydrogens is 364 g/mol. The van der Waals surface area contributed by atoms with Crippen molar-refractivity contribution >= 4 is 34.2 Å². The van der Waals surface area contributed by atoms with Gasteiger partial charge in [0.25, 0.3) is 5.24 Å². The molecule has 3 heterocycles. The molecule has 5 nitrogen and oxygen atoms in total. The number of carbonyl (C=O) groups is 1. The molecule has 1 amide bonds. The summed E-state index contributed by atoms with van der Waals surface area (Å²) in [7, 11) is 0. The van der Waals surface area contributed by atoms with Gasteiger partial charge < -0.3 is 5.32 Å². The van der Waals surface area contributed by atoms with Gasteiger partial charge in [-0.3, -0.25) is 9.78 Å². The van der Waals surface area contributed by atoms with Crippen molar-refractivity contribution in [1.82, 2.24) is 9.97 Å². The van der Waals surface area contributed by atoms with E-state index in [9.17, 15) is 10.1 Å². The number of hydrogen-bond donors (Lipinski definition) is 1. The first-order chi connectivity index (χ1) is 12.6. The van der Waals surface area contributed by atoms with E-state index in [1.54, 1.807) is 17.4 Å². The fourth-order valence-corrected chi connectivity index (χ4v) is 3.88. The number of nitriles is 1. The topological polar surface area (TPSA) is 78.7 Å². The molecule has 0 fully saturated rings. The number of pyridine rings is 2. The molecule has 0 radical (unpaired) electrons. The Morgan fingerprint density at radius 2 is 2.08 bits per heavy atom. The first-order valence-electron chi connectivity index (χ1n) is 7.89. The van der Waals surface area contributed by atoms with Gasteiger partial charge >= 0.3 is 0 Å². The fourth-order valence-electron chi connectivity index (χ4n) is 2.48. The summed E-state index contributed by atoms with van der Waals surface area (Å²) < 4.78 is 0. The van der Waals surface area contributed by atoms with Gasteiger partial charge in [0.15, 0.2) is 0 Å². The van der Waals surface area contributed by atoms with Gasteiger partial charge in [-0.25, -0.2) is 4.98 Å². The van der Waals surface area contributed by atoms with Crippen LogP contribution in [0.1, 0.15) is 22.6 Å².